The second-order valence-corrected chi connectivity index (χ2v) is 7.46. The van der Waals surface area contributed by atoms with Gasteiger partial charge in [0.15, 0.2) is 4.80 Å². The van der Waals surface area contributed by atoms with Crippen molar-refractivity contribution in [3.8, 4) is 0 Å². The Balaban J connectivity index is 2.14. The minimum absolute atomic E-state index is 0.123. The van der Waals surface area contributed by atoms with E-state index in [0.29, 0.717) is 10.5 Å². The lowest BCUT2D eigenvalue weighted by Gasteiger charge is -2.05. The fourth-order valence-electron chi connectivity index (χ4n) is 2.82. The molecule has 0 aliphatic carbocycles. The number of carbonyl (C=O) groups excluding carboxylic acids is 2. The van der Waals surface area contributed by atoms with E-state index in [0.717, 1.165) is 4.70 Å². The summed E-state index contributed by atoms with van der Waals surface area (Å²) in [7, 11) is 0. The van der Waals surface area contributed by atoms with Crippen molar-refractivity contribution in [2.75, 3.05) is 6.61 Å². The summed E-state index contributed by atoms with van der Waals surface area (Å²) in [6.45, 7) is 3.30. The van der Waals surface area contributed by atoms with Crippen LogP contribution in [-0.4, -0.2) is 28.0 Å². The summed E-state index contributed by atoms with van der Waals surface area (Å²) in [5.41, 5.74) is 0.869. The zero-order valence-electron chi connectivity index (χ0n) is 15.5. The van der Waals surface area contributed by atoms with E-state index in [1.165, 1.54) is 36.5 Å². The molecule has 0 unspecified atom stereocenters. The Morgan fingerprint density at radius 2 is 2.07 bits per heavy atom. The van der Waals surface area contributed by atoms with Crippen LogP contribution in [0.15, 0.2) is 41.4 Å². The van der Waals surface area contributed by atoms with E-state index in [9.17, 15) is 19.7 Å². The number of amides is 1. The van der Waals surface area contributed by atoms with Crippen molar-refractivity contribution >= 4 is 50.7 Å². The monoisotopic (exact) mass is 433 g/mol. The number of rotatable bonds is 5. The fraction of sp³-hybridized carbons (Fsp3) is 0.211. The van der Waals surface area contributed by atoms with Crippen LogP contribution in [0.1, 0.15) is 22.8 Å². The van der Waals surface area contributed by atoms with Gasteiger partial charge in [0.2, 0.25) is 0 Å². The van der Waals surface area contributed by atoms with Crippen molar-refractivity contribution in [1.29, 1.82) is 0 Å². The molecule has 1 aromatic heterocycles. The lowest BCUT2D eigenvalue weighted by Crippen LogP contribution is -2.23. The van der Waals surface area contributed by atoms with E-state index in [4.69, 9.17) is 16.3 Å². The molecule has 1 heterocycles. The van der Waals surface area contributed by atoms with Crippen LogP contribution in [0.2, 0.25) is 5.02 Å². The van der Waals surface area contributed by atoms with E-state index < -0.39 is 16.8 Å². The number of thiazole rings is 1. The van der Waals surface area contributed by atoms with Crippen LogP contribution in [0.3, 0.4) is 0 Å². The number of esters is 1. The zero-order chi connectivity index (χ0) is 21.1. The first-order chi connectivity index (χ1) is 13.8. The van der Waals surface area contributed by atoms with Gasteiger partial charge < -0.3 is 9.30 Å². The van der Waals surface area contributed by atoms with Gasteiger partial charge in [-0.25, -0.2) is 0 Å². The summed E-state index contributed by atoms with van der Waals surface area (Å²) < 4.78 is 7.32. The maximum Gasteiger partial charge on any atom is 0.326 e. The SMILES string of the molecule is CCOC(=O)Cn1c(=NC(=O)c2cccc([N+](=O)[O-])c2C)sc2cc(Cl)ccc21. The van der Waals surface area contributed by atoms with Crippen molar-refractivity contribution in [3.63, 3.8) is 0 Å². The molecule has 0 radical (unpaired) electrons. The Labute approximate surface area is 174 Å². The van der Waals surface area contributed by atoms with E-state index in [1.807, 2.05) is 0 Å². The molecule has 150 valence electrons. The average Bonchev–Trinajstić information content (AvgIpc) is 2.97. The number of nitrogens with zero attached hydrogens (tertiary/aromatic N) is 3. The molecule has 0 saturated carbocycles. The van der Waals surface area contributed by atoms with Crippen LogP contribution in [0.25, 0.3) is 10.2 Å². The molecule has 2 aromatic carbocycles. The van der Waals surface area contributed by atoms with Crippen molar-refractivity contribution in [1.82, 2.24) is 4.57 Å². The molecular weight excluding hydrogens is 418 g/mol. The highest BCUT2D eigenvalue weighted by molar-refractivity contribution is 7.16. The summed E-state index contributed by atoms with van der Waals surface area (Å²) in [5, 5.41) is 11.6. The van der Waals surface area contributed by atoms with Gasteiger partial charge in [-0.1, -0.05) is 29.0 Å². The number of ether oxygens (including phenoxy) is 1. The van der Waals surface area contributed by atoms with Crippen LogP contribution >= 0.6 is 22.9 Å². The summed E-state index contributed by atoms with van der Waals surface area (Å²) in [6.07, 6.45) is 0. The molecule has 0 atom stereocenters. The zero-order valence-corrected chi connectivity index (χ0v) is 17.1. The molecule has 0 aliphatic rings. The lowest BCUT2D eigenvalue weighted by molar-refractivity contribution is -0.385. The standard InChI is InChI=1S/C19H16ClN3O5S/c1-3-28-17(24)10-22-15-8-7-12(20)9-16(15)29-19(22)21-18(25)13-5-4-6-14(11(13)2)23(26)27/h4-9H,3,10H2,1-2H3. The molecular formula is C19H16ClN3O5S. The Morgan fingerprint density at radius 1 is 1.31 bits per heavy atom. The fourth-order valence-corrected chi connectivity index (χ4v) is 4.12. The third kappa shape index (κ3) is 4.36. The molecule has 0 fully saturated rings. The number of nitro benzene ring substituents is 1. The maximum absolute atomic E-state index is 12.8. The minimum Gasteiger partial charge on any atom is -0.465 e. The number of halogens is 1. The van der Waals surface area contributed by atoms with Gasteiger partial charge in [-0.3, -0.25) is 19.7 Å². The largest absolute Gasteiger partial charge is 0.465 e. The molecule has 8 nitrogen and oxygen atoms in total. The third-order valence-electron chi connectivity index (χ3n) is 4.17. The van der Waals surface area contributed by atoms with Gasteiger partial charge in [0.05, 0.1) is 27.3 Å². The van der Waals surface area contributed by atoms with E-state index in [2.05, 4.69) is 4.99 Å². The summed E-state index contributed by atoms with van der Waals surface area (Å²) in [5.74, 6) is -1.11. The van der Waals surface area contributed by atoms with Gasteiger partial charge in [-0.2, -0.15) is 4.99 Å². The number of benzene rings is 2. The lowest BCUT2D eigenvalue weighted by atomic mass is 10.1. The van der Waals surface area contributed by atoms with E-state index in [1.54, 1.807) is 29.7 Å². The minimum atomic E-state index is -0.638. The normalized spacial score (nSPS) is 11.6. The molecule has 0 spiro atoms. The molecule has 0 saturated heterocycles. The first-order valence-corrected chi connectivity index (χ1v) is 9.78. The van der Waals surface area contributed by atoms with Crippen molar-refractivity contribution in [2.24, 2.45) is 4.99 Å². The summed E-state index contributed by atoms with van der Waals surface area (Å²) in [6, 6.07) is 9.36. The third-order valence-corrected chi connectivity index (χ3v) is 5.44. The van der Waals surface area contributed by atoms with E-state index >= 15 is 0 Å². The van der Waals surface area contributed by atoms with Crippen LogP contribution in [0.5, 0.6) is 0 Å². The number of hydrogen-bond acceptors (Lipinski definition) is 6. The molecule has 3 aromatic rings. The van der Waals surface area contributed by atoms with Crippen molar-refractivity contribution in [3.05, 3.63) is 67.5 Å². The van der Waals surface area contributed by atoms with Gasteiger partial charge in [0.25, 0.3) is 11.6 Å². The number of nitro groups is 1. The molecule has 1 amide bonds. The molecule has 0 aliphatic heterocycles. The predicted octanol–water partition coefficient (Wildman–Crippen LogP) is 3.88. The van der Waals surface area contributed by atoms with Crippen LogP contribution in [-0.2, 0) is 16.1 Å². The van der Waals surface area contributed by atoms with Crippen LogP contribution < -0.4 is 4.80 Å². The first kappa shape index (κ1) is 20.7. The summed E-state index contributed by atoms with van der Waals surface area (Å²) >= 11 is 7.24. The first-order valence-electron chi connectivity index (χ1n) is 8.59. The quantitative estimate of drug-likeness (QED) is 0.345. The molecule has 10 heteroatoms. The number of aromatic nitrogens is 1. The highest BCUT2D eigenvalue weighted by atomic mass is 35.5. The molecule has 0 N–H and O–H groups in total. The highest BCUT2D eigenvalue weighted by Gasteiger charge is 2.19. The molecule has 0 bridgehead atoms. The van der Waals surface area contributed by atoms with E-state index in [-0.39, 0.29) is 34.8 Å². The molecule has 3 rings (SSSR count). The average molecular weight is 434 g/mol. The van der Waals surface area contributed by atoms with Gasteiger partial charge in [-0.15, -0.1) is 0 Å². The number of carbonyl (C=O) groups is 2. The van der Waals surface area contributed by atoms with Crippen molar-refractivity contribution < 1.29 is 19.2 Å². The highest BCUT2D eigenvalue weighted by Crippen LogP contribution is 2.23. The van der Waals surface area contributed by atoms with Gasteiger partial charge in [0, 0.05) is 16.7 Å². The number of fused-ring (bicyclic) bond motifs is 1. The maximum atomic E-state index is 12.8. The Bertz CT molecular complexity index is 1200. The second-order valence-electron chi connectivity index (χ2n) is 6.01. The van der Waals surface area contributed by atoms with Gasteiger partial charge in [-0.05, 0) is 38.1 Å². The Morgan fingerprint density at radius 3 is 2.76 bits per heavy atom. The Kier molecular flexibility index (Phi) is 6.09. The molecule has 29 heavy (non-hydrogen) atoms. The van der Waals surface area contributed by atoms with Crippen molar-refractivity contribution in [2.45, 2.75) is 20.4 Å². The predicted molar refractivity (Wildman–Crippen MR) is 109 cm³/mol. The Hall–Kier alpha value is -3.04. The van der Waals surface area contributed by atoms with Crippen LogP contribution in [0.4, 0.5) is 5.69 Å². The van der Waals surface area contributed by atoms with Crippen LogP contribution in [0, 0.1) is 17.0 Å². The number of hydrogen-bond donors (Lipinski definition) is 0. The van der Waals surface area contributed by atoms with Gasteiger partial charge >= 0.3 is 5.97 Å². The topological polar surface area (TPSA) is 104 Å². The van der Waals surface area contributed by atoms with Gasteiger partial charge in [0.1, 0.15) is 6.54 Å². The smallest absolute Gasteiger partial charge is 0.326 e. The summed E-state index contributed by atoms with van der Waals surface area (Å²) in [4.78, 5) is 39.8. The second kappa shape index (κ2) is 8.54.